The second-order valence-electron chi connectivity index (χ2n) is 5.50. The van der Waals surface area contributed by atoms with Crippen LogP contribution in [0.15, 0.2) is 12.1 Å². The number of hydrogen-bond acceptors (Lipinski definition) is 2. The zero-order valence-corrected chi connectivity index (χ0v) is 13.1. The Morgan fingerprint density at radius 1 is 1.35 bits per heavy atom. The maximum absolute atomic E-state index is 5.79. The first-order valence-electron chi connectivity index (χ1n) is 5.79. The maximum atomic E-state index is 5.79. The van der Waals surface area contributed by atoms with Gasteiger partial charge in [-0.15, -0.1) is 0 Å². The fraction of sp³-hybridized carbons (Fsp3) is 0.500. The molecule has 0 bridgehead atoms. The molecule has 1 unspecified atom stereocenters. The molecule has 1 aromatic rings. The van der Waals surface area contributed by atoms with E-state index in [4.69, 9.17) is 16.7 Å². The molecule has 0 N–H and O–H groups in total. The second-order valence-corrected chi connectivity index (χ2v) is 6.35. The van der Waals surface area contributed by atoms with Gasteiger partial charge in [-0.2, -0.15) is 0 Å². The summed E-state index contributed by atoms with van der Waals surface area (Å²) in [7, 11) is 0.448. The Kier molecular flexibility index (Phi) is 5.09. The molecule has 3 heteroatoms. The van der Waals surface area contributed by atoms with E-state index in [1.54, 1.807) is 5.37 Å². The van der Waals surface area contributed by atoms with Crippen LogP contribution in [0, 0.1) is 12.3 Å². The number of thiocarbonyl (C=S) groups is 1. The molecule has 0 saturated heterocycles. The van der Waals surface area contributed by atoms with E-state index in [-0.39, 0.29) is 5.41 Å². The highest BCUT2D eigenvalue weighted by molar-refractivity contribution is 7.79. The third-order valence-corrected chi connectivity index (χ3v) is 3.05. The van der Waals surface area contributed by atoms with Crippen molar-refractivity contribution in [1.82, 2.24) is 0 Å². The molecule has 1 aromatic carbocycles. The quantitative estimate of drug-likeness (QED) is 0.586. The topological polar surface area (TPSA) is 9.23 Å². The molecule has 0 fully saturated rings. The Morgan fingerprint density at radius 2 is 2.00 bits per heavy atom. The van der Waals surface area contributed by atoms with Gasteiger partial charge < -0.3 is 4.52 Å². The number of hydrogen-bond donors (Lipinski definition) is 0. The molecule has 0 amide bonds. The summed E-state index contributed by atoms with van der Waals surface area (Å²) in [6, 6.07) is 4.30. The first kappa shape index (κ1) is 14.6. The monoisotopic (exact) mass is 268 g/mol. The SMILES string of the molecule is CPOc1c(C=S)cc(C)cc1CC(C)(C)C. The molecule has 0 spiro atoms. The van der Waals surface area contributed by atoms with Crippen LogP contribution >= 0.6 is 21.0 Å². The van der Waals surface area contributed by atoms with Crippen LogP contribution in [0.1, 0.15) is 37.5 Å². The number of aryl methyl sites for hydroxylation is 1. The lowest BCUT2D eigenvalue weighted by Crippen LogP contribution is -2.10. The predicted octanol–water partition coefficient (Wildman–Crippen LogP) is 4.53. The Labute approximate surface area is 112 Å². The van der Waals surface area contributed by atoms with Crippen LogP contribution in [-0.2, 0) is 6.42 Å². The molecule has 17 heavy (non-hydrogen) atoms. The average molecular weight is 268 g/mol. The van der Waals surface area contributed by atoms with Gasteiger partial charge in [0.25, 0.3) is 0 Å². The molecule has 0 aliphatic rings. The van der Waals surface area contributed by atoms with Crippen molar-refractivity contribution in [2.45, 2.75) is 34.1 Å². The summed E-state index contributed by atoms with van der Waals surface area (Å²) in [5.74, 6) is 0.973. The summed E-state index contributed by atoms with van der Waals surface area (Å²) in [5, 5.41) is 1.72. The van der Waals surface area contributed by atoms with E-state index in [0.29, 0.717) is 8.81 Å². The van der Waals surface area contributed by atoms with Gasteiger partial charge in [-0.1, -0.05) is 39.1 Å². The Hall–Kier alpha value is -0.460. The van der Waals surface area contributed by atoms with Crippen molar-refractivity contribution < 1.29 is 4.52 Å². The minimum atomic E-state index is 0.251. The highest BCUT2D eigenvalue weighted by atomic mass is 32.1. The van der Waals surface area contributed by atoms with Crippen LogP contribution in [0.25, 0.3) is 0 Å². The third kappa shape index (κ3) is 4.37. The molecule has 1 nitrogen and oxygen atoms in total. The molecule has 0 aliphatic heterocycles. The number of benzene rings is 1. The lowest BCUT2D eigenvalue weighted by Gasteiger charge is -2.22. The molecule has 94 valence electrons. The zero-order chi connectivity index (χ0) is 13.1. The molecule has 0 heterocycles. The van der Waals surface area contributed by atoms with Gasteiger partial charge in [0, 0.05) is 10.9 Å². The van der Waals surface area contributed by atoms with E-state index in [2.05, 4.69) is 39.8 Å². The van der Waals surface area contributed by atoms with Crippen molar-refractivity contribution in [3.63, 3.8) is 0 Å². The van der Waals surface area contributed by atoms with Crippen LogP contribution in [0.3, 0.4) is 0 Å². The molecule has 0 radical (unpaired) electrons. The Bertz CT molecular complexity index is 407. The van der Waals surface area contributed by atoms with Gasteiger partial charge in [0.1, 0.15) is 5.75 Å². The largest absolute Gasteiger partial charge is 0.477 e. The Morgan fingerprint density at radius 3 is 2.47 bits per heavy atom. The fourth-order valence-electron chi connectivity index (χ4n) is 1.89. The standard InChI is InChI=1S/C14H21OPS/c1-10-6-11(8-14(2,3)4)13(15-16-5)12(7-10)9-17/h6-7,9,16H,8H2,1-5H3. The molecule has 0 aliphatic carbocycles. The zero-order valence-electron chi connectivity index (χ0n) is 11.3. The maximum Gasteiger partial charge on any atom is 0.134 e. The van der Waals surface area contributed by atoms with Gasteiger partial charge >= 0.3 is 0 Å². The van der Waals surface area contributed by atoms with Gasteiger partial charge in [0.2, 0.25) is 0 Å². The molecule has 1 atom stereocenters. The molecular weight excluding hydrogens is 247 g/mol. The second kappa shape index (κ2) is 5.93. The summed E-state index contributed by atoms with van der Waals surface area (Å²) < 4.78 is 5.79. The van der Waals surface area contributed by atoms with E-state index < -0.39 is 0 Å². The predicted molar refractivity (Wildman–Crippen MR) is 82.0 cm³/mol. The fourth-order valence-corrected chi connectivity index (χ4v) is 2.52. The van der Waals surface area contributed by atoms with E-state index in [1.165, 1.54) is 11.1 Å². The van der Waals surface area contributed by atoms with Crippen LogP contribution in [0.5, 0.6) is 5.75 Å². The molecule has 0 aromatic heterocycles. The summed E-state index contributed by atoms with van der Waals surface area (Å²) in [5.41, 5.74) is 3.80. The molecule has 1 rings (SSSR count). The normalized spacial score (nSPS) is 12.1. The highest BCUT2D eigenvalue weighted by Gasteiger charge is 2.17. The average Bonchev–Trinajstić information content (AvgIpc) is 2.19. The van der Waals surface area contributed by atoms with Crippen molar-refractivity contribution in [2.75, 3.05) is 6.66 Å². The summed E-state index contributed by atoms with van der Waals surface area (Å²) in [4.78, 5) is 0. The van der Waals surface area contributed by atoms with E-state index in [9.17, 15) is 0 Å². The molecule has 0 saturated carbocycles. The first-order valence-corrected chi connectivity index (χ1v) is 7.67. The smallest absolute Gasteiger partial charge is 0.134 e. The summed E-state index contributed by atoms with van der Waals surface area (Å²) in [6.45, 7) is 10.9. The summed E-state index contributed by atoms with van der Waals surface area (Å²) in [6.07, 6.45) is 1.00. The van der Waals surface area contributed by atoms with Gasteiger partial charge in [-0.05, 0) is 42.6 Å². The highest BCUT2D eigenvalue weighted by Crippen LogP contribution is 2.33. The minimum Gasteiger partial charge on any atom is -0.477 e. The number of rotatable bonds is 4. The van der Waals surface area contributed by atoms with Crippen molar-refractivity contribution in [3.05, 3.63) is 28.8 Å². The Balaban J connectivity index is 3.24. The lowest BCUT2D eigenvalue weighted by atomic mass is 9.86. The first-order chi connectivity index (χ1) is 7.87. The minimum absolute atomic E-state index is 0.251. The van der Waals surface area contributed by atoms with Gasteiger partial charge in [0.15, 0.2) is 0 Å². The lowest BCUT2D eigenvalue weighted by molar-refractivity contribution is 0.406. The summed E-state index contributed by atoms with van der Waals surface area (Å²) >= 11 is 5.08. The van der Waals surface area contributed by atoms with E-state index in [1.807, 2.05) is 6.66 Å². The van der Waals surface area contributed by atoms with Crippen LogP contribution in [0.2, 0.25) is 0 Å². The van der Waals surface area contributed by atoms with E-state index in [0.717, 1.165) is 17.7 Å². The van der Waals surface area contributed by atoms with Crippen LogP contribution in [0.4, 0.5) is 0 Å². The van der Waals surface area contributed by atoms with Crippen molar-refractivity contribution >= 4 is 26.4 Å². The van der Waals surface area contributed by atoms with E-state index >= 15 is 0 Å². The van der Waals surface area contributed by atoms with Gasteiger partial charge in [-0.25, -0.2) is 0 Å². The third-order valence-electron chi connectivity index (χ3n) is 2.39. The van der Waals surface area contributed by atoms with Gasteiger partial charge in [0.05, 0.1) is 8.81 Å². The van der Waals surface area contributed by atoms with Crippen molar-refractivity contribution in [1.29, 1.82) is 0 Å². The van der Waals surface area contributed by atoms with Gasteiger partial charge in [-0.3, -0.25) is 0 Å². The van der Waals surface area contributed by atoms with Crippen LogP contribution in [-0.4, -0.2) is 12.0 Å². The van der Waals surface area contributed by atoms with Crippen molar-refractivity contribution in [3.8, 4) is 5.75 Å². The van der Waals surface area contributed by atoms with Crippen LogP contribution < -0.4 is 4.52 Å². The molecular formula is C14H21OPS. The van der Waals surface area contributed by atoms with Crippen molar-refractivity contribution in [2.24, 2.45) is 5.41 Å².